The van der Waals surface area contributed by atoms with E-state index in [1.54, 1.807) is 12.3 Å². The summed E-state index contributed by atoms with van der Waals surface area (Å²) in [6.07, 6.45) is 3.42. The molecule has 3 heteroatoms. The molecule has 2 nitrogen and oxygen atoms in total. The van der Waals surface area contributed by atoms with E-state index in [1.807, 2.05) is 30.3 Å². The molecule has 0 saturated heterocycles. The van der Waals surface area contributed by atoms with Gasteiger partial charge in [0.2, 0.25) is 0 Å². The Labute approximate surface area is 107 Å². The van der Waals surface area contributed by atoms with Crippen molar-refractivity contribution >= 4 is 0 Å². The van der Waals surface area contributed by atoms with Crippen LogP contribution in [0.4, 0.5) is 4.39 Å². The fourth-order valence-corrected chi connectivity index (χ4v) is 1.81. The maximum atomic E-state index is 13.3. The summed E-state index contributed by atoms with van der Waals surface area (Å²) in [7, 11) is 0. The first-order valence-electron chi connectivity index (χ1n) is 6.20. The molecule has 0 saturated carbocycles. The minimum absolute atomic E-state index is 0.121. The van der Waals surface area contributed by atoms with E-state index in [9.17, 15) is 4.39 Å². The number of pyridine rings is 1. The maximum Gasteiger partial charge on any atom is 0.126 e. The molecular formula is C15H17FN2. The second kappa shape index (κ2) is 6.87. The first-order valence-corrected chi connectivity index (χ1v) is 6.20. The molecule has 1 aromatic carbocycles. The SMILES string of the molecule is Fc1ccccc1CCNCCc1ccccn1. The Hall–Kier alpha value is -1.74. The van der Waals surface area contributed by atoms with Crippen molar-refractivity contribution in [1.29, 1.82) is 0 Å². The molecule has 0 unspecified atom stereocenters. The molecule has 94 valence electrons. The summed E-state index contributed by atoms with van der Waals surface area (Å²) in [4.78, 5) is 4.25. The summed E-state index contributed by atoms with van der Waals surface area (Å²) in [5, 5.41) is 3.30. The van der Waals surface area contributed by atoms with Crippen LogP contribution >= 0.6 is 0 Å². The molecule has 18 heavy (non-hydrogen) atoms. The summed E-state index contributed by atoms with van der Waals surface area (Å²) < 4.78 is 13.3. The highest BCUT2D eigenvalue weighted by Crippen LogP contribution is 2.06. The largest absolute Gasteiger partial charge is 0.316 e. The van der Waals surface area contributed by atoms with Gasteiger partial charge in [-0.2, -0.15) is 0 Å². The van der Waals surface area contributed by atoms with Gasteiger partial charge in [-0.1, -0.05) is 24.3 Å². The predicted octanol–water partition coefficient (Wildman–Crippen LogP) is 2.60. The zero-order valence-electron chi connectivity index (χ0n) is 10.3. The molecule has 0 fully saturated rings. The number of nitrogens with zero attached hydrogens (tertiary/aromatic N) is 1. The molecule has 0 aliphatic carbocycles. The van der Waals surface area contributed by atoms with Crippen molar-refractivity contribution in [3.8, 4) is 0 Å². The fourth-order valence-electron chi connectivity index (χ4n) is 1.81. The van der Waals surface area contributed by atoms with Gasteiger partial charge in [-0.25, -0.2) is 4.39 Å². The second-order valence-corrected chi connectivity index (χ2v) is 4.16. The molecule has 1 heterocycles. The number of hydrogen-bond donors (Lipinski definition) is 1. The van der Waals surface area contributed by atoms with Crippen LogP contribution in [0.5, 0.6) is 0 Å². The highest BCUT2D eigenvalue weighted by Gasteiger charge is 1.99. The number of benzene rings is 1. The van der Waals surface area contributed by atoms with Crippen molar-refractivity contribution < 1.29 is 4.39 Å². The zero-order valence-corrected chi connectivity index (χ0v) is 10.3. The summed E-state index contributed by atoms with van der Waals surface area (Å²) in [5.74, 6) is -0.121. The molecule has 1 N–H and O–H groups in total. The van der Waals surface area contributed by atoms with Crippen LogP contribution in [-0.4, -0.2) is 18.1 Å². The molecule has 0 amide bonds. The van der Waals surface area contributed by atoms with E-state index in [2.05, 4.69) is 10.3 Å². The highest BCUT2D eigenvalue weighted by atomic mass is 19.1. The molecule has 0 radical (unpaired) electrons. The van der Waals surface area contributed by atoms with Gasteiger partial charge in [0.1, 0.15) is 5.82 Å². The van der Waals surface area contributed by atoms with Gasteiger partial charge >= 0.3 is 0 Å². The lowest BCUT2D eigenvalue weighted by molar-refractivity contribution is 0.597. The quantitative estimate of drug-likeness (QED) is 0.790. The standard InChI is InChI=1S/C15H17FN2/c16-15-7-2-1-5-13(15)8-11-17-12-9-14-6-3-4-10-18-14/h1-7,10,17H,8-9,11-12H2. The Bertz CT molecular complexity index is 471. The van der Waals surface area contributed by atoms with Crippen molar-refractivity contribution in [3.63, 3.8) is 0 Å². The van der Waals surface area contributed by atoms with E-state index >= 15 is 0 Å². The second-order valence-electron chi connectivity index (χ2n) is 4.16. The number of rotatable bonds is 6. The summed E-state index contributed by atoms with van der Waals surface area (Å²) in [6.45, 7) is 1.65. The molecule has 0 atom stereocenters. The van der Waals surface area contributed by atoms with Crippen molar-refractivity contribution in [2.24, 2.45) is 0 Å². The number of nitrogens with one attached hydrogen (secondary N) is 1. The number of aromatic nitrogens is 1. The minimum Gasteiger partial charge on any atom is -0.316 e. The molecule has 0 spiro atoms. The van der Waals surface area contributed by atoms with E-state index < -0.39 is 0 Å². The van der Waals surface area contributed by atoms with E-state index in [0.717, 1.165) is 37.2 Å². The fraction of sp³-hybridized carbons (Fsp3) is 0.267. The number of hydrogen-bond acceptors (Lipinski definition) is 2. The number of halogens is 1. The van der Waals surface area contributed by atoms with Gasteiger partial charge in [0.25, 0.3) is 0 Å². The first-order chi connectivity index (χ1) is 8.86. The Morgan fingerprint density at radius 3 is 2.50 bits per heavy atom. The van der Waals surface area contributed by atoms with Gasteiger partial charge in [0.15, 0.2) is 0 Å². The van der Waals surface area contributed by atoms with Gasteiger partial charge in [0, 0.05) is 24.9 Å². The molecule has 1 aromatic heterocycles. The predicted molar refractivity (Wildman–Crippen MR) is 70.9 cm³/mol. The Morgan fingerprint density at radius 1 is 0.944 bits per heavy atom. The molecule has 2 aromatic rings. The van der Waals surface area contributed by atoms with Crippen LogP contribution in [0.15, 0.2) is 48.7 Å². The van der Waals surface area contributed by atoms with Crippen LogP contribution in [0.1, 0.15) is 11.3 Å². The van der Waals surface area contributed by atoms with Crippen LogP contribution in [-0.2, 0) is 12.8 Å². The average molecular weight is 244 g/mol. The van der Waals surface area contributed by atoms with Crippen molar-refractivity contribution in [1.82, 2.24) is 10.3 Å². The molecule has 0 bridgehead atoms. The molecule has 0 aliphatic heterocycles. The molecule has 0 aliphatic rings. The highest BCUT2D eigenvalue weighted by molar-refractivity contribution is 5.17. The molecule has 2 rings (SSSR count). The van der Waals surface area contributed by atoms with Crippen LogP contribution < -0.4 is 5.32 Å². The van der Waals surface area contributed by atoms with Gasteiger partial charge < -0.3 is 5.32 Å². The monoisotopic (exact) mass is 244 g/mol. The minimum atomic E-state index is -0.121. The van der Waals surface area contributed by atoms with Gasteiger partial charge in [-0.3, -0.25) is 4.98 Å². The lowest BCUT2D eigenvalue weighted by atomic mass is 10.1. The van der Waals surface area contributed by atoms with Crippen molar-refractivity contribution in [2.45, 2.75) is 12.8 Å². The lowest BCUT2D eigenvalue weighted by Gasteiger charge is -2.05. The lowest BCUT2D eigenvalue weighted by Crippen LogP contribution is -2.20. The third-order valence-corrected chi connectivity index (χ3v) is 2.81. The normalized spacial score (nSPS) is 10.5. The van der Waals surface area contributed by atoms with Crippen molar-refractivity contribution in [2.75, 3.05) is 13.1 Å². The Balaban J connectivity index is 1.66. The smallest absolute Gasteiger partial charge is 0.126 e. The van der Waals surface area contributed by atoms with E-state index in [1.165, 1.54) is 6.07 Å². The zero-order chi connectivity index (χ0) is 12.6. The summed E-state index contributed by atoms with van der Waals surface area (Å²) >= 11 is 0. The van der Waals surface area contributed by atoms with E-state index in [4.69, 9.17) is 0 Å². The van der Waals surface area contributed by atoms with Crippen LogP contribution in [0.3, 0.4) is 0 Å². The van der Waals surface area contributed by atoms with Gasteiger partial charge in [-0.05, 0) is 36.7 Å². The summed E-state index contributed by atoms with van der Waals surface area (Å²) in [6, 6.07) is 12.8. The first kappa shape index (κ1) is 12.7. The van der Waals surface area contributed by atoms with E-state index in [-0.39, 0.29) is 5.82 Å². The average Bonchev–Trinajstić information content (AvgIpc) is 2.42. The van der Waals surface area contributed by atoms with Crippen molar-refractivity contribution in [3.05, 3.63) is 65.7 Å². The van der Waals surface area contributed by atoms with Crippen LogP contribution in [0.2, 0.25) is 0 Å². The molecular weight excluding hydrogens is 227 g/mol. The topological polar surface area (TPSA) is 24.9 Å². The maximum absolute atomic E-state index is 13.3. The van der Waals surface area contributed by atoms with Gasteiger partial charge in [-0.15, -0.1) is 0 Å². The summed E-state index contributed by atoms with van der Waals surface area (Å²) in [5.41, 5.74) is 1.85. The van der Waals surface area contributed by atoms with Crippen LogP contribution in [0, 0.1) is 5.82 Å². The third-order valence-electron chi connectivity index (χ3n) is 2.81. The van der Waals surface area contributed by atoms with Gasteiger partial charge in [0.05, 0.1) is 0 Å². The van der Waals surface area contributed by atoms with Crippen LogP contribution in [0.25, 0.3) is 0 Å². The Morgan fingerprint density at radius 2 is 1.72 bits per heavy atom. The Kier molecular flexibility index (Phi) is 4.85. The van der Waals surface area contributed by atoms with E-state index in [0.29, 0.717) is 0 Å². The third kappa shape index (κ3) is 3.93.